The third kappa shape index (κ3) is 7.69. The van der Waals surface area contributed by atoms with Gasteiger partial charge in [0.15, 0.2) is 0 Å². The number of ether oxygens (including phenoxy) is 1. The van der Waals surface area contributed by atoms with Crippen LogP contribution in [0, 0.1) is 0 Å². The summed E-state index contributed by atoms with van der Waals surface area (Å²) < 4.78 is 5.28. The van der Waals surface area contributed by atoms with E-state index >= 15 is 0 Å². The van der Waals surface area contributed by atoms with Crippen molar-refractivity contribution in [1.82, 2.24) is 0 Å². The summed E-state index contributed by atoms with van der Waals surface area (Å²) in [5.74, 6) is -0.228. The average Bonchev–Trinajstić information content (AvgIpc) is 2.53. The Balaban J connectivity index is 2.06. The summed E-state index contributed by atoms with van der Waals surface area (Å²) in [7, 11) is 0. The van der Waals surface area contributed by atoms with Crippen molar-refractivity contribution in [3.05, 3.63) is 42.0 Å². The average molecular weight is 288 g/mol. The van der Waals surface area contributed by atoms with Gasteiger partial charge < -0.3 is 4.74 Å². The smallest absolute Gasteiger partial charge is 0.338 e. The lowest BCUT2D eigenvalue weighted by Crippen LogP contribution is -2.06. The van der Waals surface area contributed by atoms with Crippen LogP contribution in [0.25, 0.3) is 6.08 Å². The van der Waals surface area contributed by atoms with E-state index in [1.165, 1.54) is 38.5 Å². The summed E-state index contributed by atoms with van der Waals surface area (Å²) in [6, 6.07) is 7.32. The first-order chi connectivity index (χ1) is 10.3. The summed E-state index contributed by atoms with van der Waals surface area (Å²) in [5.41, 5.74) is 1.62. The molecule has 0 saturated heterocycles. The van der Waals surface area contributed by atoms with Crippen molar-refractivity contribution >= 4 is 12.0 Å². The minimum atomic E-state index is -0.228. The van der Waals surface area contributed by atoms with E-state index in [9.17, 15) is 4.79 Å². The SMILES string of the molecule is C=Cc1ccc(C(=O)OCCCCCCCCCC)cc1. The fraction of sp³-hybridized carbons (Fsp3) is 0.526. The fourth-order valence-corrected chi connectivity index (χ4v) is 2.24. The van der Waals surface area contributed by atoms with Gasteiger partial charge >= 0.3 is 5.97 Å². The predicted octanol–water partition coefficient (Wildman–Crippen LogP) is 5.63. The van der Waals surface area contributed by atoms with Gasteiger partial charge in [-0.15, -0.1) is 0 Å². The molecule has 0 aliphatic carbocycles. The maximum Gasteiger partial charge on any atom is 0.338 e. The molecule has 1 rings (SSSR count). The van der Waals surface area contributed by atoms with Gasteiger partial charge in [0.1, 0.15) is 0 Å². The topological polar surface area (TPSA) is 26.3 Å². The number of hydrogen-bond acceptors (Lipinski definition) is 2. The number of carbonyl (C=O) groups excluding carboxylic acids is 1. The minimum Gasteiger partial charge on any atom is -0.462 e. The summed E-state index contributed by atoms with van der Waals surface area (Å²) >= 11 is 0. The Kier molecular flexibility index (Phi) is 9.26. The third-order valence-electron chi connectivity index (χ3n) is 3.61. The molecule has 1 aromatic carbocycles. The Morgan fingerprint density at radius 2 is 1.57 bits per heavy atom. The second kappa shape index (κ2) is 11.1. The first-order valence-electron chi connectivity index (χ1n) is 8.17. The lowest BCUT2D eigenvalue weighted by molar-refractivity contribution is 0.0497. The first-order valence-corrected chi connectivity index (χ1v) is 8.17. The van der Waals surface area contributed by atoms with Crippen LogP contribution in [-0.4, -0.2) is 12.6 Å². The van der Waals surface area contributed by atoms with Crippen molar-refractivity contribution in [3.8, 4) is 0 Å². The summed E-state index contributed by atoms with van der Waals surface area (Å²) in [4.78, 5) is 11.8. The van der Waals surface area contributed by atoms with Crippen LogP contribution in [0.4, 0.5) is 0 Å². The molecule has 116 valence electrons. The third-order valence-corrected chi connectivity index (χ3v) is 3.61. The standard InChI is InChI=1S/C19H28O2/c1-3-5-6-7-8-9-10-11-16-21-19(20)18-14-12-17(4-2)13-15-18/h4,12-15H,2-3,5-11,16H2,1H3. The predicted molar refractivity (Wildman–Crippen MR) is 89.4 cm³/mol. The molecule has 0 aromatic heterocycles. The molecule has 0 heterocycles. The minimum absolute atomic E-state index is 0.228. The highest BCUT2D eigenvalue weighted by Gasteiger charge is 2.05. The molecular weight excluding hydrogens is 260 g/mol. The molecule has 0 aliphatic heterocycles. The highest BCUT2D eigenvalue weighted by atomic mass is 16.5. The molecule has 0 bridgehead atoms. The maximum absolute atomic E-state index is 11.8. The molecule has 0 spiro atoms. The van der Waals surface area contributed by atoms with Gasteiger partial charge in [-0.2, -0.15) is 0 Å². The highest BCUT2D eigenvalue weighted by molar-refractivity contribution is 5.89. The monoisotopic (exact) mass is 288 g/mol. The van der Waals surface area contributed by atoms with E-state index in [4.69, 9.17) is 4.74 Å². The van der Waals surface area contributed by atoms with Crippen LogP contribution < -0.4 is 0 Å². The summed E-state index contributed by atoms with van der Waals surface area (Å²) in [5, 5.41) is 0. The van der Waals surface area contributed by atoms with E-state index in [-0.39, 0.29) is 5.97 Å². The molecule has 0 saturated carbocycles. The highest BCUT2D eigenvalue weighted by Crippen LogP contribution is 2.10. The van der Waals surface area contributed by atoms with E-state index in [1.807, 2.05) is 12.1 Å². The normalized spacial score (nSPS) is 10.3. The lowest BCUT2D eigenvalue weighted by Gasteiger charge is -2.05. The molecule has 0 N–H and O–H groups in total. The molecule has 0 amide bonds. The van der Waals surface area contributed by atoms with Crippen molar-refractivity contribution < 1.29 is 9.53 Å². The molecule has 0 radical (unpaired) electrons. The van der Waals surface area contributed by atoms with Crippen molar-refractivity contribution in [2.75, 3.05) is 6.61 Å². The van der Waals surface area contributed by atoms with Gasteiger partial charge in [-0.05, 0) is 24.1 Å². The molecule has 2 heteroatoms. The van der Waals surface area contributed by atoms with Crippen molar-refractivity contribution in [2.24, 2.45) is 0 Å². The molecule has 1 aromatic rings. The quantitative estimate of drug-likeness (QED) is 0.390. The number of carbonyl (C=O) groups is 1. The van der Waals surface area contributed by atoms with Crippen molar-refractivity contribution in [1.29, 1.82) is 0 Å². The Bertz CT molecular complexity index is 406. The molecular formula is C19H28O2. The van der Waals surface area contributed by atoms with Gasteiger partial charge in [0, 0.05) is 0 Å². The van der Waals surface area contributed by atoms with Gasteiger partial charge in [-0.25, -0.2) is 4.79 Å². The second-order valence-electron chi connectivity index (χ2n) is 5.44. The summed E-state index contributed by atoms with van der Waals surface area (Å²) in [6.07, 6.45) is 11.8. The largest absolute Gasteiger partial charge is 0.462 e. The molecule has 0 unspecified atom stereocenters. The van der Waals surface area contributed by atoms with Gasteiger partial charge in [-0.3, -0.25) is 0 Å². The Morgan fingerprint density at radius 3 is 2.14 bits per heavy atom. The molecule has 2 nitrogen and oxygen atoms in total. The van der Waals surface area contributed by atoms with Crippen molar-refractivity contribution in [2.45, 2.75) is 58.3 Å². The van der Waals surface area contributed by atoms with Gasteiger partial charge in [0.05, 0.1) is 12.2 Å². The Labute approximate surface area is 129 Å². The fourth-order valence-electron chi connectivity index (χ4n) is 2.24. The van der Waals surface area contributed by atoms with E-state index in [0.717, 1.165) is 18.4 Å². The number of unbranched alkanes of at least 4 members (excludes halogenated alkanes) is 7. The first kappa shape index (κ1) is 17.5. The van der Waals surface area contributed by atoms with Gasteiger partial charge in [0.25, 0.3) is 0 Å². The van der Waals surface area contributed by atoms with E-state index in [0.29, 0.717) is 12.2 Å². The van der Waals surface area contributed by atoms with Crippen LogP contribution in [-0.2, 0) is 4.74 Å². The zero-order valence-corrected chi connectivity index (χ0v) is 13.3. The van der Waals surface area contributed by atoms with Crippen LogP contribution in [0.15, 0.2) is 30.8 Å². The maximum atomic E-state index is 11.8. The van der Waals surface area contributed by atoms with Gasteiger partial charge in [-0.1, -0.05) is 76.7 Å². The van der Waals surface area contributed by atoms with Crippen LogP contribution in [0.5, 0.6) is 0 Å². The second-order valence-corrected chi connectivity index (χ2v) is 5.44. The van der Waals surface area contributed by atoms with Crippen LogP contribution >= 0.6 is 0 Å². The van der Waals surface area contributed by atoms with E-state index in [1.54, 1.807) is 18.2 Å². The number of hydrogen-bond donors (Lipinski definition) is 0. The Morgan fingerprint density at radius 1 is 1.00 bits per heavy atom. The van der Waals surface area contributed by atoms with Crippen LogP contribution in [0.2, 0.25) is 0 Å². The molecule has 0 atom stereocenters. The van der Waals surface area contributed by atoms with Crippen LogP contribution in [0.3, 0.4) is 0 Å². The van der Waals surface area contributed by atoms with Crippen molar-refractivity contribution in [3.63, 3.8) is 0 Å². The van der Waals surface area contributed by atoms with E-state index < -0.39 is 0 Å². The zero-order chi connectivity index (χ0) is 15.3. The zero-order valence-electron chi connectivity index (χ0n) is 13.3. The van der Waals surface area contributed by atoms with E-state index in [2.05, 4.69) is 13.5 Å². The Hall–Kier alpha value is -1.57. The van der Waals surface area contributed by atoms with Crippen LogP contribution in [0.1, 0.15) is 74.2 Å². The molecule has 0 fully saturated rings. The summed E-state index contributed by atoms with van der Waals surface area (Å²) in [6.45, 7) is 6.45. The lowest BCUT2D eigenvalue weighted by atomic mass is 10.1. The molecule has 21 heavy (non-hydrogen) atoms. The number of benzene rings is 1. The number of esters is 1. The number of rotatable bonds is 11. The van der Waals surface area contributed by atoms with Gasteiger partial charge in [0.2, 0.25) is 0 Å². The molecule has 0 aliphatic rings.